The molecule has 44 heavy (non-hydrogen) atoms. The fraction of sp³-hybridized carbons (Fsp3) is 0.212. The third kappa shape index (κ3) is 7.94. The highest BCUT2D eigenvalue weighted by molar-refractivity contribution is 7.92. The van der Waals surface area contributed by atoms with Crippen molar-refractivity contribution in [2.24, 2.45) is 0 Å². The minimum atomic E-state index is -4.34. The van der Waals surface area contributed by atoms with E-state index < -0.39 is 40.2 Å². The molecule has 0 saturated heterocycles. The van der Waals surface area contributed by atoms with Crippen molar-refractivity contribution in [1.82, 2.24) is 10.2 Å². The fourth-order valence-corrected chi connectivity index (χ4v) is 6.28. The number of nitrogens with one attached hydrogen (secondary N) is 1. The molecule has 0 heterocycles. The SMILES string of the molecule is CCNC(=O)[C@@H](Cc1ccccc1)N(Cc1ccccc1Cl)C(=O)CN(c1ccc(F)cc1)S(=O)(=O)c1ccc(OC)cc1. The summed E-state index contributed by atoms with van der Waals surface area (Å²) in [4.78, 5) is 29.1. The standard InChI is InChI=1S/C33H33ClFN3O5S/c1-3-36-33(40)31(21-24-9-5-4-6-10-24)37(22-25-11-7-8-12-30(25)34)32(39)23-38(27-15-13-26(35)14-16-27)44(41,42)29-19-17-28(43-2)18-20-29/h4-20,31H,3,21-23H2,1-2H3,(H,36,40)/t31-/m1/s1. The number of halogens is 2. The van der Waals surface area contributed by atoms with Gasteiger partial charge in [0.25, 0.3) is 10.0 Å². The van der Waals surface area contributed by atoms with E-state index >= 15 is 0 Å². The van der Waals surface area contributed by atoms with Crippen LogP contribution in [0.15, 0.2) is 108 Å². The normalized spacial score (nSPS) is 11.8. The lowest BCUT2D eigenvalue weighted by Crippen LogP contribution is -2.53. The Hall–Kier alpha value is -4.41. The first-order valence-corrected chi connectivity index (χ1v) is 15.7. The summed E-state index contributed by atoms with van der Waals surface area (Å²) >= 11 is 6.48. The second-order valence-corrected chi connectivity index (χ2v) is 12.1. The highest BCUT2D eigenvalue weighted by Crippen LogP contribution is 2.27. The average molecular weight is 638 g/mol. The summed E-state index contributed by atoms with van der Waals surface area (Å²) in [5.41, 5.74) is 1.46. The lowest BCUT2D eigenvalue weighted by atomic mass is 10.0. The van der Waals surface area contributed by atoms with E-state index in [1.54, 1.807) is 31.2 Å². The topological polar surface area (TPSA) is 96.0 Å². The molecule has 4 rings (SSSR count). The smallest absolute Gasteiger partial charge is 0.264 e. The molecule has 0 aromatic heterocycles. The first-order chi connectivity index (χ1) is 21.1. The van der Waals surface area contributed by atoms with Crippen LogP contribution >= 0.6 is 11.6 Å². The quantitative estimate of drug-likeness (QED) is 0.210. The van der Waals surface area contributed by atoms with Gasteiger partial charge in [0.15, 0.2) is 0 Å². The molecule has 1 atom stereocenters. The molecule has 0 aliphatic carbocycles. The summed E-state index contributed by atoms with van der Waals surface area (Å²) in [5, 5.41) is 3.20. The largest absolute Gasteiger partial charge is 0.497 e. The number of benzene rings is 4. The van der Waals surface area contributed by atoms with E-state index in [1.165, 1.54) is 48.4 Å². The maximum absolute atomic E-state index is 14.3. The van der Waals surface area contributed by atoms with Gasteiger partial charge in [-0.05, 0) is 72.6 Å². The van der Waals surface area contributed by atoms with Crippen LogP contribution in [0, 0.1) is 5.82 Å². The second-order valence-electron chi connectivity index (χ2n) is 9.88. The summed E-state index contributed by atoms with van der Waals surface area (Å²) in [5.74, 6) is -1.17. The van der Waals surface area contributed by atoms with Gasteiger partial charge in [0.1, 0.15) is 24.2 Å². The molecule has 11 heteroatoms. The van der Waals surface area contributed by atoms with Crippen LogP contribution in [0.1, 0.15) is 18.1 Å². The monoisotopic (exact) mass is 637 g/mol. The number of carbonyl (C=O) groups excluding carboxylic acids is 2. The third-order valence-electron chi connectivity index (χ3n) is 6.96. The van der Waals surface area contributed by atoms with Crippen LogP contribution in [0.5, 0.6) is 5.75 Å². The number of hydrogen-bond donors (Lipinski definition) is 1. The summed E-state index contributed by atoms with van der Waals surface area (Å²) < 4.78 is 48.0. The number of ether oxygens (including phenoxy) is 1. The van der Waals surface area contributed by atoms with Crippen molar-refractivity contribution < 1.29 is 27.1 Å². The Morgan fingerprint density at radius 3 is 2.16 bits per heavy atom. The van der Waals surface area contributed by atoms with Crippen molar-refractivity contribution in [3.63, 3.8) is 0 Å². The van der Waals surface area contributed by atoms with E-state index in [0.29, 0.717) is 22.9 Å². The van der Waals surface area contributed by atoms with E-state index in [9.17, 15) is 22.4 Å². The van der Waals surface area contributed by atoms with E-state index in [2.05, 4.69) is 5.32 Å². The van der Waals surface area contributed by atoms with Crippen molar-refractivity contribution >= 4 is 39.1 Å². The number of amides is 2. The molecule has 0 saturated carbocycles. The van der Waals surface area contributed by atoms with Crippen LogP contribution in [-0.4, -0.2) is 51.4 Å². The van der Waals surface area contributed by atoms with Crippen LogP contribution in [0.4, 0.5) is 10.1 Å². The number of likely N-dealkylation sites (N-methyl/N-ethyl adjacent to an activating group) is 1. The van der Waals surface area contributed by atoms with Gasteiger partial charge in [0.05, 0.1) is 17.7 Å². The third-order valence-corrected chi connectivity index (χ3v) is 9.12. The number of sulfonamides is 1. The van der Waals surface area contributed by atoms with Gasteiger partial charge < -0.3 is 15.0 Å². The first kappa shape index (κ1) is 32.5. The zero-order chi connectivity index (χ0) is 31.7. The maximum Gasteiger partial charge on any atom is 0.264 e. The summed E-state index contributed by atoms with van der Waals surface area (Å²) in [6.45, 7) is 1.36. The number of methoxy groups -OCH3 is 1. The Morgan fingerprint density at radius 1 is 0.909 bits per heavy atom. The molecule has 0 fully saturated rings. The van der Waals surface area contributed by atoms with E-state index in [0.717, 1.165) is 22.0 Å². The lowest BCUT2D eigenvalue weighted by Gasteiger charge is -2.34. The minimum absolute atomic E-state index is 0.0625. The summed E-state index contributed by atoms with van der Waals surface area (Å²) in [6.07, 6.45) is 0.171. The summed E-state index contributed by atoms with van der Waals surface area (Å²) in [6, 6.07) is 25.7. The van der Waals surface area contributed by atoms with Gasteiger partial charge in [-0.25, -0.2) is 12.8 Å². The van der Waals surface area contributed by atoms with Gasteiger partial charge in [-0.3, -0.25) is 13.9 Å². The molecule has 0 radical (unpaired) electrons. The average Bonchev–Trinajstić information content (AvgIpc) is 3.03. The Bertz CT molecular complexity index is 1670. The second kappa shape index (κ2) is 14.9. The van der Waals surface area contributed by atoms with Crippen LogP contribution in [-0.2, 0) is 32.6 Å². The summed E-state index contributed by atoms with van der Waals surface area (Å²) in [7, 11) is -2.88. The lowest BCUT2D eigenvalue weighted by molar-refractivity contribution is -0.140. The Morgan fingerprint density at radius 2 is 1.55 bits per heavy atom. The van der Waals surface area contributed by atoms with E-state index in [-0.39, 0.29) is 23.5 Å². The van der Waals surface area contributed by atoms with Crippen LogP contribution in [0.2, 0.25) is 5.02 Å². The molecular formula is C33H33ClFN3O5S. The Balaban J connectivity index is 1.80. The van der Waals surface area contributed by atoms with Crippen LogP contribution in [0.3, 0.4) is 0 Å². The van der Waals surface area contributed by atoms with Crippen molar-refractivity contribution in [3.8, 4) is 5.75 Å². The zero-order valence-corrected chi connectivity index (χ0v) is 25.9. The Kier molecular flexibility index (Phi) is 11.0. The molecule has 0 spiro atoms. The molecular weight excluding hydrogens is 605 g/mol. The first-order valence-electron chi connectivity index (χ1n) is 13.9. The number of anilines is 1. The van der Waals surface area contributed by atoms with Gasteiger partial charge in [0.2, 0.25) is 11.8 Å². The predicted octanol–water partition coefficient (Wildman–Crippen LogP) is 5.46. The molecule has 4 aromatic carbocycles. The van der Waals surface area contributed by atoms with Crippen molar-refractivity contribution in [3.05, 3.63) is 125 Å². The number of nitrogens with zero attached hydrogens (tertiary/aromatic N) is 2. The van der Waals surface area contributed by atoms with Gasteiger partial charge in [-0.15, -0.1) is 0 Å². The number of carbonyl (C=O) groups is 2. The van der Waals surface area contributed by atoms with Gasteiger partial charge in [0, 0.05) is 24.5 Å². The van der Waals surface area contributed by atoms with Crippen LogP contribution < -0.4 is 14.4 Å². The molecule has 230 valence electrons. The highest BCUT2D eigenvalue weighted by Gasteiger charge is 2.34. The number of hydrogen-bond acceptors (Lipinski definition) is 5. The molecule has 0 bridgehead atoms. The maximum atomic E-state index is 14.3. The van der Waals surface area contributed by atoms with Crippen molar-refractivity contribution in [2.45, 2.75) is 30.8 Å². The highest BCUT2D eigenvalue weighted by atomic mass is 35.5. The molecule has 0 aliphatic rings. The van der Waals surface area contributed by atoms with Gasteiger partial charge in [-0.1, -0.05) is 60.1 Å². The van der Waals surface area contributed by atoms with E-state index in [4.69, 9.17) is 16.3 Å². The fourth-order valence-electron chi connectivity index (χ4n) is 4.67. The predicted molar refractivity (Wildman–Crippen MR) is 169 cm³/mol. The minimum Gasteiger partial charge on any atom is -0.497 e. The molecule has 1 N–H and O–H groups in total. The zero-order valence-electron chi connectivity index (χ0n) is 24.3. The van der Waals surface area contributed by atoms with Gasteiger partial charge in [-0.2, -0.15) is 0 Å². The molecule has 0 unspecified atom stereocenters. The van der Waals surface area contributed by atoms with E-state index in [1.807, 2.05) is 30.3 Å². The molecule has 8 nitrogen and oxygen atoms in total. The molecule has 2 amide bonds. The van der Waals surface area contributed by atoms with Gasteiger partial charge >= 0.3 is 0 Å². The molecule has 4 aromatic rings. The number of rotatable bonds is 13. The van der Waals surface area contributed by atoms with Crippen LogP contribution in [0.25, 0.3) is 0 Å². The Labute approximate surface area is 262 Å². The van der Waals surface area contributed by atoms with Crippen molar-refractivity contribution in [2.75, 3.05) is 24.5 Å². The molecule has 0 aliphatic heterocycles. The van der Waals surface area contributed by atoms with Crippen molar-refractivity contribution in [1.29, 1.82) is 0 Å².